The van der Waals surface area contributed by atoms with Crippen LogP contribution in [0.15, 0.2) is 23.0 Å². The number of carbonyl (C=O) groups excluding carboxylic acids is 1. The smallest absolute Gasteiger partial charge is 0.257 e. The first-order chi connectivity index (χ1) is 7.18. The van der Waals surface area contributed by atoms with E-state index in [4.69, 9.17) is 10.2 Å². The lowest BCUT2D eigenvalue weighted by Crippen LogP contribution is -2.48. The number of piperidine rings is 1. The highest BCUT2D eigenvalue weighted by Crippen LogP contribution is 2.17. The molecule has 0 spiro atoms. The molecule has 1 amide bonds. The quantitative estimate of drug-likeness (QED) is 0.751. The zero-order valence-corrected chi connectivity index (χ0v) is 8.85. The van der Waals surface area contributed by atoms with Crippen LogP contribution in [0.3, 0.4) is 0 Å². The van der Waals surface area contributed by atoms with E-state index in [0.717, 1.165) is 19.5 Å². The highest BCUT2D eigenvalue weighted by atomic mass is 16.3. The van der Waals surface area contributed by atoms with Gasteiger partial charge in [-0.05, 0) is 18.4 Å². The molecule has 15 heavy (non-hydrogen) atoms. The van der Waals surface area contributed by atoms with Crippen LogP contribution >= 0.6 is 0 Å². The van der Waals surface area contributed by atoms with Crippen molar-refractivity contribution in [1.29, 1.82) is 0 Å². The molecule has 2 rings (SSSR count). The molecule has 1 saturated heterocycles. The maximum Gasteiger partial charge on any atom is 0.257 e. The van der Waals surface area contributed by atoms with Crippen LogP contribution < -0.4 is 5.73 Å². The lowest BCUT2D eigenvalue weighted by atomic mass is 9.94. The Morgan fingerprint density at radius 2 is 2.47 bits per heavy atom. The summed E-state index contributed by atoms with van der Waals surface area (Å²) in [6.07, 6.45) is 3.89. The SMILES string of the molecule is CC1CN(C(=O)c2ccoc2)CCC1N. The highest BCUT2D eigenvalue weighted by molar-refractivity contribution is 5.93. The van der Waals surface area contributed by atoms with Crippen molar-refractivity contribution in [2.45, 2.75) is 19.4 Å². The molecular formula is C11H16N2O2. The van der Waals surface area contributed by atoms with Crippen LogP contribution in [0.1, 0.15) is 23.7 Å². The number of nitrogens with zero attached hydrogens (tertiary/aromatic N) is 1. The van der Waals surface area contributed by atoms with Gasteiger partial charge in [0.05, 0.1) is 11.8 Å². The van der Waals surface area contributed by atoms with E-state index < -0.39 is 0 Å². The van der Waals surface area contributed by atoms with E-state index in [1.807, 2.05) is 4.90 Å². The zero-order valence-electron chi connectivity index (χ0n) is 8.85. The molecule has 1 fully saturated rings. The molecule has 4 nitrogen and oxygen atoms in total. The Labute approximate surface area is 89.0 Å². The summed E-state index contributed by atoms with van der Waals surface area (Å²) in [6.45, 7) is 3.57. The lowest BCUT2D eigenvalue weighted by Gasteiger charge is -2.34. The monoisotopic (exact) mass is 208 g/mol. The molecule has 2 heterocycles. The summed E-state index contributed by atoms with van der Waals surface area (Å²) in [5, 5.41) is 0. The van der Waals surface area contributed by atoms with Crippen LogP contribution in [-0.2, 0) is 0 Å². The average molecular weight is 208 g/mol. The van der Waals surface area contributed by atoms with Gasteiger partial charge in [-0.3, -0.25) is 4.79 Å². The van der Waals surface area contributed by atoms with E-state index >= 15 is 0 Å². The van der Waals surface area contributed by atoms with Crippen LogP contribution in [0.25, 0.3) is 0 Å². The van der Waals surface area contributed by atoms with Crippen molar-refractivity contribution in [3.05, 3.63) is 24.2 Å². The van der Waals surface area contributed by atoms with E-state index in [2.05, 4.69) is 6.92 Å². The van der Waals surface area contributed by atoms with Crippen LogP contribution in [0, 0.1) is 5.92 Å². The van der Waals surface area contributed by atoms with E-state index in [9.17, 15) is 4.79 Å². The Hall–Kier alpha value is -1.29. The van der Waals surface area contributed by atoms with Gasteiger partial charge in [-0.25, -0.2) is 0 Å². The van der Waals surface area contributed by atoms with Gasteiger partial charge in [-0.15, -0.1) is 0 Å². The first-order valence-corrected chi connectivity index (χ1v) is 5.25. The molecule has 0 aliphatic carbocycles. The van der Waals surface area contributed by atoms with E-state index in [-0.39, 0.29) is 11.9 Å². The number of rotatable bonds is 1. The average Bonchev–Trinajstić information content (AvgIpc) is 2.74. The summed E-state index contributed by atoms with van der Waals surface area (Å²) in [7, 11) is 0. The molecule has 0 bridgehead atoms. The molecule has 1 aliphatic heterocycles. The molecule has 0 aromatic carbocycles. The van der Waals surface area contributed by atoms with Gasteiger partial charge in [-0.1, -0.05) is 6.92 Å². The fraction of sp³-hybridized carbons (Fsp3) is 0.545. The normalized spacial score (nSPS) is 26.7. The minimum absolute atomic E-state index is 0.0440. The second kappa shape index (κ2) is 4.06. The van der Waals surface area contributed by atoms with E-state index in [1.165, 1.54) is 12.5 Å². The summed E-state index contributed by atoms with van der Waals surface area (Å²) >= 11 is 0. The second-order valence-electron chi connectivity index (χ2n) is 4.19. The van der Waals surface area contributed by atoms with Gasteiger partial charge >= 0.3 is 0 Å². The Morgan fingerprint density at radius 1 is 1.67 bits per heavy atom. The van der Waals surface area contributed by atoms with Gasteiger partial charge in [-0.2, -0.15) is 0 Å². The minimum Gasteiger partial charge on any atom is -0.472 e. The lowest BCUT2D eigenvalue weighted by molar-refractivity contribution is 0.0663. The molecule has 1 aromatic heterocycles. The molecular weight excluding hydrogens is 192 g/mol. The van der Waals surface area contributed by atoms with Crippen LogP contribution in [-0.4, -0.2) is 29.9 Å². The van der Waals surface area contributed by atoms with E-state index in [0.29, 0.717) is 11.5 Å². The molecule has 2 atom stereocenters. The number of likely N-dealkylation sites (tertiary alicyclic amines) is 1. The number of hydrogen-bond acceptors (Lipinski definition) is 3. The Bertz CT molecular complexity index is 334. The molecule has 4 heteroatoms. The largest absolute Gasteiger partial charge is 0.472 e. The van der Waals surface area contributed by atoms with Crippen LogP contribution in [0.4, 0.5) is 0 Å². The van der Waals surface area contributed by atoms with Gasteiger partial charge in [0, 0.05) is 19.1 Å². The Morgan fingerprint density at radius 3 is 3.07 bits per heavy atom. The van der Waals surface area contributed by atoms with Gasteiger partial charge in [0.15, 0.2) is 0 Å². The maximum atomic E-state index is 11.9. The van der Waals surface area contributed by atoms with Crippen molar-refractivity contribution in [3.8, 4) is 0 Å². The first-order valence-electron chi connectivity index (χ1n) is 5.25. The second-order valence-corrected chi connectivity index (χ2v) is 4.19. The molecule has 2 N–H and O–H groups in total. The number of furan rings is 1. The highest BCUT2D eigenvalue weighted by Gasteiger charge is 2.27. The molecule has 0 saturated carbocycles. The van der Waals surface area contributed by atoms with Crippen molar-refractivity contribution >= 4 is 5.91 Å². The predicted octanol–water partition coefficient (Wildman–Crippen LogP) is 1.09. The fourth-order valence-electron chi connectivity index (χ4n) is 1.92. The minimum atomic E-state index is 0.0440. The maximum absolute atomic E-state index is 11.9. The van der Waals surface area contributed by atoms with Gasteiger partial charge in [0.25, 0.3) is 5.91 Å². The molecule has 1 aliphatic rings. The van der Waals surface area contributed by atoms with Crippen molar-refractivity contribution < 1.29 is 9.21 Å². The standard InChI is InChI=1S/C11H16N2O2/c1-8-6-13(4-2-10(8)12)11(14)9-3-5-15-7-9/h3,5,7-8,10H,2,4,6,12H2,1H3. The Balaban J connectivity index is 2.03. The topological polar surface area (TPSA) is 59.5 Å². The summed E-state index contributed by atoms with van der Waals surface area (Å²) in [6, 6.07) is 1.92. The van der Waals surface area contributed by atoms with Crippen molar-refractivity contribution in [3.63, 3.8) is 0 Å². The third kappa shape index (κ3) is 2.04. The number of hydrogen-bond donors (Lipinski definition) is 1. The first kappa shape index (κ1) is 10.2. The number of nitrogens with two attached hydrogens (primary N) is 1. The van der Waals surface area contributed by atoms with Crippen molar-refractivity contribution in [2.24, 2.45) is 11.7 Å². The van der Waals surface area contributed by atoms with Gasteiger partial charge in [0.1, 0.15) is 6.26 Å². The number of amides is 1. The predicted molar refractivity (Wildman–Crippen MR) is 56.4 cm³/mol. The molecule has 82 valence electrons. The molecule has 1 aromatic rings. The number of carbonyl (C=O) groups is 1. The van der Waals surface area contributed by atoms with E-state index in [1.54, 1.807) is 6.07 Å². The Kier molecular flexibility index (Phi) is 2.77. The van der Waals surface area contributed by atoms with Crippen molar-refractivity contribution in [1.82, 2.24) is 4.90 Å². The summed E-state index contributed by atoms with van der Waals surface area (Å²) in [5.74, 6) is 0.414. The zero-order chi connectivity index (χ0) is 10.8. The molecule has 2 unspecified atom stereocenters. The third-order valence-corrected chi connectivity index (χ3v) is 3.03. The van der Waals surface area contributed by atoms with Crippen molar-refractivity contribution in [2.75, 3.05) is 13.1 Å². The fourth-order valence-corrected chi connectivity index (χ4v) is 1.92. The summed E-state index contributed by atoms with van der Waals surface area (Å²) < 4.78 is 4.90. The summed E-state index contributed by atoms with van der Waals surface area (Å²) in [5.41, 5.74) is 6.53. The third-order valence-electron chi connectivity index (χ3n) is 3.03. The van der Waals surface area contributed by atoms with Crippen LogP contribution in [0.2, 0.25) is 0 Å². The summed E-state index contributed by atoms with van der Waals surface area (Å²) in [4.78, 5) is 13.8. The van der Waals surface area contributed by atoms with Gasteiger partial charge in [0.2, 0.25) is 0 Å². The van der Waals surface area contributed by atoms with Crippen LogP contribution in [0.5, 0.6) is 0 Å². The van der Waals surface area contributed by atoms with Gasteiger partial charge < -0.3 is 15.1 Å². The molecule has 0 radical (unpaired) electrons.